The predicted molar refractivity (Wildman–Crippen MR) is 146 cm³/mol. The lowest BCUT2D eigenvalue weighted by atomic mass is 9.81. The molecule has 1 N–H and O–H groups in total. The molecule has 48 heavy (non-hydrogen) atoms. The number of halogens is 12. The van der Waals surface area contributed by atoms with Crippen molar-refractivity contribution < 1.29 is 81.6 Å². The van der Waals surface area contributed by atoms with Crippen molar-refractivity contribution in [2.24, 2.45) is 35.5 Å². The van der Waals surface area contributed by atoms with E-state index in [9.17, 15) is 67.1 Å². The van der Waals surface area contributed by atoms with E-state index in [-0.39, 0.29) is 52.4 Å². The van der Waals surface area contributed by atoms with E-state index in [0.717, 1.165) is 0 Å². The van der Waals surface area contributed by atoms with Gasteiger partial charge in [-0.25, -0.2) is 0 Å². The Morgan fingerprint density at radius 2 is 0.958 bits per heavy atom. The number of hydrogen-bond donors (Lipinski definition) is 1. The van der Waals surface area contributed by atoms with Crippen molar-refractivity contribution in [1.29, 1.82) is 0 Å². The van der Waals surface area contributed by atoms with Gasteiger partial charge in [-0.15, -0.1) is 0 Å². The Morgan fingerprint density at radius 3 is 1.17 bits per heavy atom. The van der Waals surface area contributed by atoms with E-state index in [1.165, 1.54) is 13.8 Å². The van der Waals surface area contributed by atoms with Gasteiger partial charge >= 0.3 is 48.2 Å². The molecule has 6 unspecified atom stereocenters. The van der Waals surface area contributed by atoms with Crippen LogP contribution in [-0.2, 0) is 23.9 Å². The van der Waals surface area contributed by atoms with Crippen molar-refractivity contribution in [2.75, 3.05) is 0 Å². The van der Waals surface area contributed by atoms with Crippen LogP contribution in [0.4, 0.5) is 52.7 Å². The second-order valence-electron chi connectivity index (χ2n) is 11.8. The summed E-state index contributed by atoms with van der Waals surface area (Å²) in [6, 6.07) is 0. The van der Waals surface area contributed by atoms with Crippen LogP contribution in [-0.4, -0.2) is 67.3 Å². The van der Waals surface area contributed by atoms with E-state index in [0.29, 0.717) is 19.8 Å². The Balaban J connectivity index is 0.000000749. The fourth-order valence-electron chi connectivity index (χ4n) is 6.40. The van der Waals surface area contributed by atoms with E-state index < -0.39 is 78.5 Å². The third kappa shape index (κ3) is 10.4. The molecule has 0 aromatic rings. The van der Waals surface area contributed by atoms with Crippen molar-refractivity contribution in [3.05, 3.63) is 24.3 Å². The second-order valence-corrected chi connectivity index (χ2v) is 11.8. The number of esters is 3. The maximum atomic E-state index is 13.1. The van der Waals surface area contributed by atoms with E-state index >= 15 is 0 Å². The first-order chi connectivity index (χ1) is 20.6. The highest BCUT2D eigenvalue weighted by molar-refractivity contribution is 5.82. The van der Waals surface area contributed by atoms with Crippen LogP contribution in [0.25, 0.3) is 0 Å². The lowest BCUT2D eigenvalue weighted by molar-refractivity contribution is -0.374. The van der Waals surface area contributed by atoms with Gasteiger partial charge in [0.05, 0.1) is 0 Å². The summed E-state index contributed by atoms with van der Waals surface area (Å²) in [6.07, 6.45) is -16.7. The highest BCUT2D eigenvalue weighted by Gasteiger charge is 2.75. The van der Waals surface area contributed by atoms with Crippen LogP contribution in [0.2, 0.25) is 0 Å². The van der Waals surface area contributed by atoms with E-state index in [1.54, 1.807) is 12.2 Å². The van der Waals surface area contributed by atoms with Gasteiger partial charge in [-0.1, -0.05) is 31.7 Å². The van der Waals surface area contributed by atoms with Crippen LogP contribution in [0.5, 0.6) is 0 Å². The van der Waals surface area contributed by atoms with Crippen LogP contribution >= 0.6 is 0 Å². The summed E-state index contributed by atoms with van der Waals surface area (Å²) in [5.74, 6) is -4.76. The topological polar surface area (TPSA) is 89.9 Å². The molecular formula is C29H36BF12O6. The zero-order chi connectivity index (χ0) is 35.7. The lowest BCUT2D eigenvalue weighted by Crippen LogP contribution is -2.60. The van der Waals surface area contributed by atoms with Gasteiger partial charge in [-0.3, -0.25) is 14.4 Å². The smallest absolute Gasteiger partial charge is 0.437 e. The van der Waals surface area contributed by atoms with Crippen molar-refractivity contribution in [2.45, 2.75) is 103 Å². The monoisotopic (exact) mass is 719 g/mol. The summed E-state index contributed by atoms with van der Waals surface area (Å²) in [4.78, 5) is 30.5. The number of carbonyl (C=O) groups is 3. The Labute approximate surface area is 270 Å². The first-order valence-electron chi connectivity index (χ1n) is 13.9. The third-order valence-corrected chi connectivity index (χ3v) is 8.40. The van der Waals surface area contributed by atoms with E-state index in [2.05, 4.69) is 9.47 Å². The van der Waals surface area contributed by atoms with Crippen LogP contribution in [0, 0.1) is 35.5 Å². The molecule has 275 valence electrons. The van der Waals surface area contributed by atoms with Crippen LogP contribution < -0.4 is 0 Å². The number of aliphatic hydroxyl groups is 1. The van der Waals surface area contributed by atoms with Crippen LogP contribution in [0.1, 0.15) is 66.7 Å². The minimum absolute atomic E-state index is 0. The largest absolute Gasteiger partial charge is 0.440 e. The van der Waals surface area contributed by atoms with Gasteiger partial charge in [0.25, 0.3) is 5.60 Å². The average Bonchev–Trinajstić information content (AvgIpc) is 3.63. The Bertz CT molecular complexity index is 1140. The molecule has 6 nitrogen and oxygen atoms in total. The van der Waals surface area contributed by atoms with Gasteiger partial charge in [0.2, 0.25) is 0 Å². The molecule has 3 radical (unpaired) electrons. The molecule has 2 fully saturated rings. The maximum Gasteiger partial charge on any atom is 0.437 e. The minimum atomic E-state index is -5.71. The molecule has 0 aromatic carbocycles. The Kier molecular flexibility index (Phi) is 15.0. The number of hydrogen-bond acceptors (Lipinski definition) is 6. The molecule has 0 aromatic heterocycles. The summed E-state index contributed by atoms with van der Waals surface area (Å²) >= 11 is 0. The second kappa shape index (κ2) is 15.9. The van der Waals surface area contributed by atoms with Crippen molar-refractivity contribution >= 4 is 26.3 Å². The van der Waals surface area contributed by atoms with Gasteiger partial charge in [-0.2, -0.15) is 52.7 Å². The quantitative estimate of drug-likeness (QED) is 0.103. The molecule has 19 heteroatoms. The van der Waals surface area contributed by atoms with Gasteiger partial charge in [0.15, 0.2) is 0 Å². The molecule has 0 spiro atoms. The molecule has 0 amide bonds. The number of alkyl halides is 12. The van der Waals surface area contributed by atoms with Crippen molar-refractivity contribution in [3.8, 4) is 0 Å². The fourth-order valence-corrected chi connectivity index (χ4v) is 6.40. The van der Waals surface area contributed by atoms with Crippen molar-refractivity contribution in [1.82, 2.24) is 0 Å². The van der Waals surface area contributed by atoms with Gasteiger partial charge in [-0.05, 0) is 67.6 Å². The van der Waals surface area contributed by atoms with Crippen molar-refractivity contribution in [3.63, 3.8) is 0 Å². The molecule has 4 bridgehead atoms. The van der Waals surface area contributed by atoms with Gasteiger partial charge in [0, 0.05) is 35.6 Å². The summed E-state index contributed by atoms with van der Waals surface area (Å²) in [7, 11) is 0. The molecule has 2 saturated carbocycles. The molecule has 0 aliphatic heterocycles. The minimum Gasteiger partial charge on any atom is -0.440 e. The Morgan fingerprint density at radius 1 is 0.604 bits per heavy atom. The third-order valence-electron chi connectivity index (χ3n) is 8.40. The summed E-state index contributed by atoms with van der Waals surface area (Å²) in [6.45, 7) is 2.91. The normalized spacial score (nSPS) is 25.9. The molecule has 4 aliphatic rings. The molecule has 0 saturated heterocycles. The zero-order valence-corrected chi connectivity index (χ0v) is 25.1. The average molecular weight is 719 g/mol. The highest BCUT2D eigenvalue weighted by Crippen LogP contribution is 2.55. The summed E-state index contributed by atoms with van der Waals surface area (Å²) in [5.41, 5.74) is -9.02. The Hall–Kier alpha value is -2.73. The van der Waals surface area contributed by atoms with Gasteiger partial charge in [0.1, 0.15) is 0 Å². The van der Waals surface area contributed by atoms with Crippen LogP contribution in [0.3, 0.4) is 0 Å². The predicted octanol–water partition coefficient (Wildman–Crippen LogP) is 7.81. The number of allylic oxidation sites excluding steroid dienone is 4. The fraction of sp³-hybridized carbons (Fsp3) is 0.759. The molecule has 4 rings (SSSR count). The summed E-state index contributed by atoms with van der Waals surface area (Å²) in [5, 5.41) is 9.10. The number of carbonyl (C=O) groups excluding carboxylic acids is 3. The number of rotatable bonds is 5. The first kappa shape index (κ1) is 45.3. The molecule has 6 atom stereocenters. The molecular weight excluding hydrogens is 683 g/mol. The first-order valence-corrected chi connectivity index (χ1v) is 13.9. The maximum absolute atomic E-state index is 13.1. The molecule has 4 aliphatic carbocycles. The zero-order valence-electron chi connectivity index (χ0n) is 25.1. The van der Waals surface area contributed by atoms with Crippen LogP contribution in [0.15, 0.2) is 24.3 Å². The SMILES string of the molecule is C.CC(=O)OC(C)=O.CC(=O)OC(CC1CC2C=CC1C2)(C(F)(F)F)C(F)(F)F.OC(CC1CC2C=CC1C2)(C(F)(F)F)C(F)(F)F.[B]. The molecule has 0 heterocycles. The lowest BCUT2D eigenvalue weighted by Gasteiger charge is -2.39. The number of fused-ring (bicyclic) bond motifs is 4. The highest BCUT2D eigenvalue weighted by atomic mass is 19.4. The standard InChI is InChI=1S/C13H14F6O2.C11H12F6O.C4H6O3.CH4.B/c1-7(20)21-11(12(14,15)16,13(17,18)19)6-10-5-8-2-3-9(10)4-8;12-10(13,14)9(18,11(15,16)17)5-8-4-6-1-2-7(8)3-6;1-3(5)7-4(2)6;;/h2-3,8-10H,4-6H2,1H3;1-2,6-8,18H,3-5H2;1-2H3;1H4;. The van der Waals surface area contributed by atoms with Gasteiger partial charge < -0.3 is 14.6 Å². The number of ether oxygens (including phenoxy) is 2. The van der Waals surface area contributed by atoms with E-state index in [4.69, 9.17) is 5.11 Å². The summed E-state index contributed by atoms with van der Waals surface area (Å²) < 4.78 is 162. The van der Waals surface area contributed by atoms with E-state index in [1.807, 2.05) is 12.2 Å².